The molecule has 0 radical (unpaired) electrons. The summed E-state index contributed by atoms with van der Waals surface area (Å²) < 4.78 is 32.4. The highest BCUT2D eigenvalue weighted by Crippen LogP contribution is 2.25. The molecule has 0 atom stereocenters. The largest absolute Gasteiger partial charge is 0.497 e. The van der Waals surface area contributed by atoms with Crippen LogP contribution in [0.1, 0.15) is 22.8 Å². The topological polar surface area (TPSA) is 72.5 Å². The second kappa shape index (κ2) is 6.19. The van der Waals surface area contributed by atoms with Crippen molar-refractivity contribution in [1.82, 2.24) is 0 Å². The molecule has 0 aromatic heterocycles. The number of hydrogen-bond donors (Lipinski definition) is 1. The lowest BCUT2D eigenvalue weighted by atomic mass is 10.1. The van der Waals surface area contributed by atoms with Crippen molar-refractivity contribution in [3.63, 3.8) is 0 Å². The van der Waals surface area contributed by atoms with Gasteiger partial charge in [0.1, 0.15) is 5.75 Å². The van der Waals surface area contributed by atoms with E-state index in [0.717, 1.165) is 5.56 Å². The summed E-state index contributed by atoms with van der Waals surface area (Å²) in [6.07, 6.45) is 0. The first-order chi connectivity index (χ1) is 10.3. The summed E-state index contributed by atoms with van der Waals surface area (Å²) in [5, 5.41) is 0. The number of Topliss-reactive ketones (excluding diaryl/α,β-unsaturated/α-hetero) is 1. The molecular formula is C16H17NO4S. The third-order valence-electron chi connectivity index (χ3n) is 3.18. The molecule has 0 aliphatic heterocycles. The quantitative estimate of drug-likeness (QED) is 0.860. The van der Waals surface area contributed by atoms with E-state index < -0.39 is 10.0 Å². The average Bonchev–Trinajstić information content (AvgIpc) is 2.46. The first-order valence-corrected chi connectivity index (χ1v) is 8.10. The van der Waals surface area contributed by atoms with Crippen molar-refractivity contribution in [3.8, 4) is 5.75 Å². The molecule has 2 aromatic carbocycles. The van der Waals surface area contributed by atoms with Crippen LogP contribution in [0.4, 0.5) is 5.69 Å². The molecule has 6 heteroatoms. The van der Waals surface area contributed by atoms with E-state index in [-0.39, 0.29) is 21.9 Å². The molecule has 5 nitrogen and oxygen atoms in total. The molecule has 0 saturated heterocycles. The zero-order valence-corrected chi connectivity index (χ0v) is 13.4. The van der Waals surface area contributed by atoms with Crippen molar-refractivity contribution in [1.29, 1.82) is 0 Å². The van der Waals surface area contributed by atoms with Crippen molar-refractivity contribution >= 4 is 21.5 Å². The van der Waals surface area contributed by atoms with E-state index in [4.69, 9.17) is 4.74 Å². The molecule has 0 unspecified atom stereocenters. The summed E-state index contributed by atoms with van der Waals surface area (Å²) in [5.74, 6) is 0.232. The van der Waals surface area contributed by atoms with E-state index in [2.05, 4.69) is 4.72 Å². The number of methoxy groups -OCH3 is 1. The lowest BCUT2D eigenvalue weighted by Crippen LogP contribution is -2.15. The fraction of sp³-hybridized carbons (Fsp3) is 0.188. The number of carbonyl (C=O) groups is 1. The van der Waals surface area contributed by atoms with Crippen LogP contribution in [0.3, 0.4) is 0 Å². The summed E-state index contributed by atoms with van der Waals surface area (Å²) in [7, 11) is -2.30. The molecule has 116 valence electrons. The van der Waals surface area contributed by atoms with Crippen molar-refractivity contribution in [2.75, 3.05) is 11.8 Å². The number of ether oxygens (including phenoxy) is 1. The normalized spacial score (nSPS) is 11.0. The molecule has 0 bridgehead atoms. The van der Waals surface area contributed by atoms with Gasteiger partial charge in [-0.15, -0.1) is 0 Å². The number of benzene rings is 2. The van der Waals surface area contributed by atoms with Gasteiger partial charge in [0.25, 0.3) is 10.0 Å². The number of anilines is 1. The third-order valence-corrected chi connectivity index (χ3v) is 4.56. The maximum absolute atomic E-state index is 12.4. The highest BCUT2D eigenvalue weighted by Gasteiger charge is 2.18. The Labute approximate surface area is 130 Å². The van der Waals surface area contributed by atoms with Gasteiger partial charge in [-0.3, -0.25) is 9.52 Å². The predicted molar refractivity (Wildman–Crippen MR) is 85.0 cm³/mol. The minimum atomic E-state index is -3.77. The monoisotopic (exact) mass is 319 g/mol. The van der Waals surface area contributed by atoms with Crippen LogP contribution < -0.4 is 9.46 Å². The Balaban J connectivity index is 2.44. The van der Waals surface area contributed by atoms with Gasteiger partial charge in [0.15, 0.2) is 5.78 Å². The Bertz CT molecular complexity index is 795. The van der Waals surface area contributed by atoms with Gasteiger partial charge in [-0.25, -0.2) is 8.42 Å². The summed E-state index contributed by atoms with van der Waals surface area (Å²) in [4.78, 5) is 11.8. The molecule has 0 amide bonds. The smallest absolute Gasteiger partial charge is 0.261 e. The van der Waals surface area contributed by atoms with Gasteiger partial charge in [-0.2, -0.15) is 0 Å². The van der Waals surface area contributed by atoms with Gasteiger partial charge in [-0.05, 0) is 38.1 Å². The Hall–Kier alpha value is -2.34. The van der Waals surface area contributed by atoms with Crippen LogP contribution in [0.5, 0.6) is 5.75 Å². The summed E-state index contributed by atoms with van der Waals surface area (Å²) in [6, 6.07) is 11.1. The van der Waals surface area contributed by atoms with Crippen LogP contribution >= 0.6 is 0 Å². The third kappa shape index (κ3) is 3.46. The molecule has 2 rings (SSSR count). The number of nitrogens with one attached hydrogen (secondary N) is 1. The predicted octanol–water partition coefficient (Wildman–Crippen LogP) is 3.01. The van der Waals surface area contributed by atoms with Crippen LogP contribution in [0, 0.1) is 6.92 Å². The first-order valence-electron chi connectivity index (χ1n) is 6.62. The number of hydrogen-bond acceptors (Lipinski definition) is 4. The fourth-order valence-electron chi connectivity index (χ4n) is 1.96. The van der Waals surface area contributed by atoms with E-state index in [1.54, 1.807) is 18.2 Å². The standard InChI is InChI=1S/C16H17NO4S/c1-11-4-7-14(8-5-11)22(19,20)17-16-10-13(21-3)6-9-15(16)12(2)18/h4-10,17H,1-3H3. The number of sulfonamides is 1. The Morgan fingerprint density at radius 2 is 1.73 bits per heavy atom. The minimum Gasteiger partial charge on any atom is -0.497 e. The van der Waals surface area contributed by atoms with E-state index >= 15 is 0 Å². The fourth-order valence-corrected chi connectivity index (χ4v) is 3.03. The van der Waals surface area contributed by atoms with Gasteiger partial charge in [0, 0.05) is 11.6 Å². The van der Waals surface area contributed by atoms with Crippen LogP contribution in [0.25, 0.3) is 0 Å². The van der Waals surface area contributed by atoms with Crippen molar-refractivity contribution < 1.29 is 17.9 Å². The van der Waals surface area contributed by atoms with Gasteiger partial charge < -0.3 is 4.74 Å². The van der Waals surface area contributed by atoms with Crippen molar-refractivity contribution in [3.05, 3.63) is 53.6 Å². The lowest BCUT2D eigenvalue weighted by molar-refractivity contribution is 0.101. The zero-order valence-electron chi connectivity index (χ0n) is 12.6. The van der Waals surface area contributed by atoms with Crippen LogP contribution in [0.15, 0.2) is 47.4 Å². The minimum absolute atomic E-state index is 0.135. The SMILES string of the molecule is COc1ccc(C(C)=O)c(NS(=O)(=O)c2ccc(C)cc2)c1. The maximum atomic E-state index is 12.4. The lowest BCUT2D eigenvalue weighted by Gasteiger charge is -2.12. The Kier molecular flexibility index (Phi) is 4.51. The van der Waals surface area contributed by atoms with E-state index in [0.29, 0.717) is 5.75 Å². The van der Waals surface area contributed by atoms with Crippen LogP contribution in [-0.4, -0.2) is 21.3 Å². The van der Waals surface area contributed by atoms with Gasteiger partial charge >= 0.3 is 0 Å². The van der Waals surface area contributed by atoms with Crippen LogP contribution in [-0.2, 0) is 10.0 Å². The summed E-state index contributed by atoms with van der Waals surface area (Å²) in [5.41, 5.74) is 1.45. The van der Waals surface area contributed by atoms with E-state index in [9.17, 15) is 13.2 Å². The van der Waals surface area contributed by atoms with E-state index in [1.165, 1.54) is 38.3 Å². The molecule has 2 aromatic rings. The van der Waals surface area contributed by atoms with E-state index in [1.807, 2.05) is 6.92 Å². The highest BCUT2D eigenvalue weighted by molar-refractivity contribution is 7.92. The zero-order chi connectivity index (χ0) is 16.3. The number of aryl methyl sites for hydroxylation is 1. The molecule has 22 heavy (non-hydrogen) atoms. The molecule has 1 N–H and O–H groups in total. The molecule has 0 fully saturated rings. The Morgan fingerprint density at radius 3 is 2.27 bits per heavy atom. The van der Waals surface area contributed by atoms with Gasteiger partial charge in [0.05, 0.1) is 17.7 Å². The summed E-state index contributed by atoms with van der Waals surface area (Å²) in [6.45, 7) is 3.26. The second-order valence-corrected chi connectivity index (χ2v) is 6.57. The molecule has 0 heterocycles. The molecule has 0 spiro atoms. The molecule has 0 aliphatic rings. The van der Waals surface area contributed by atoms with Gasteiger partial charge in [0.2, 0.25) is 0 Å². The molecular weight excluding hydrogens is 302 g/mol. The second-order valence-electron chi connectivity index (χ2n) is 4.89. The summed E-state index contributed by atoms with van der Waals surface area (Å²) >= 11 is 0. The first kappa shape index (κ1) is 16.0. The van der Waals surface area contributed by atoms with Gasteiger partial charge in [-0.1, -0.05) is 17.7 Å². The Morgan fingerprint density at radius 1 is 1.09 bits per heavy atom. The maximum Gasteiger partial charge on any atom is 0.261 e. The average molecular weight is 319 g/mol. The number of rotatable bonds is 5. The molecule has 0 saturated carbocycles. The highest BCUT2D eigenvalue weighted by atomic mass is 32.2. The van der Waals surface area contributed by atoms with Crippen molar-refractivity contribution in [2.24, 2.45) is 0 Å². The number of ketones is 1. The van der Waals surface area contributed by atoms with Crippen LogP contribution in [0.2, 0.25) is 0 Å². The van der Waals surface area contributed by atoms with Crippen molar-refractivity contribution in [2.45, 2.75) is 18.7 Å². The molecule has 0 aliphatic carbocycles. The number of carbonyl (C=O) groups excluding carboxylic acids is 1.